The number of ether oxygens (including phenoxy) is 2. The molecule has 3 aromatic carbocycles. The number of aromatic nitrogens is 2. The molecule has 0 bridgehead atoms. The molecule has 10 heteroatoms. The van der Waals surface area contributed by atoms with E-state index in [9.17, 15) is 27.9 Å². The second-order valence-corrected chi connectivity index (χ2v) is 12.2. The number of hydrogen-bond acceptors (Lipinski definition) is 5. The van der Waals surface area contributed by atoms with Gasteiger partial charge in [0.1, 0.15) is 5.75 Å². The van der Waals surface area contributed by atoms with E-state index in [1.54, 1.807) is 40.0 Å². The molecule has 0 radical (unpaired) electrons. The molecule has 0 aliphatic carbocycles. The highest BCUT2D eigenvalue weighted by molar-refractivity contribution is 6.09. The maximum absolute atomic E-state index is 13.3. The standard InChI is InChI=1S/C35H31F3N2O5/c1-18-24(17-19-5-7-21(8-6-19)35(36,37)38)30-22(10-12-26(41)40-30)29(27(18)32(33(42)43)45-34(2,3)4)23-9-11-25-28-20(14-16-44-25)13-15-39-31(23)28/h5-13,15,32H,14,16-17H2,1-4H3,(H,40,41)(H,42,43)/t32-/m0/s1. The van der Waals surface area contributed by atoms with Crippen molar-refractivity contribution >= 4 is 27.8 Å². The summed E-state index contributed by atoms with van der Waals surface area (Å²) in [5, 5.41) is 12.0. The second-order valence-electron chi connectivity index (χ2n) is 12.2. The van der Waals surface area contributed by atoms with Gasteiger partial charge in [0.2, 0.25) is 5.56 Å². The van der Waals surface area contributed by atoms with E-state index in [0.29, 0.717) is 68.6 Å². The highest BCUT2D eigenvalue weighted by Gasteiger charge is 2.34. The first-order valence-corrected chi connectivity index (χ1v) is 14.5. The Hall–Kier alpha value is -4.70. The minimum absolute atomic E-state index is 0.130. The van der Waals surface area contributed by atoms with Gasteiger partial charge in [0.25, 0.3) is 0 Å². The summed E-state index contributed by atoms with van der Waals surface area (Å²) >= 11 is 0. The van der Waals surface area contributed by atoms with Crippen LogP contribution in [-0.2, 0) is 28.5 Å². The van der Waals surface area contributed by atoms with E-state index in [0.717, 1.165) is 23.1 Å². The Morgan fingerprint density at radius 2 is 1.80 bits per heavy atom. The van der Waals surface area contributed by atoms with Gasteiger partial charge in [-0.1, -0.05) is 12.1 Å². The molecular formula is C35H31F3N2O5. The van der Waals surface area contributed by atoms with E-state index in [-0.39, 0.29) is 12.0 Å². The number of hydrogen-bond donors (Lipinski definition) is 2. The fourth-order valence-electron chi connectivity index (χ4n) is 6.15. The predicted molar refractivity (Wildman–Crippen MR) is 165 cm³/mol. The number of aromatic amines is 1. The van der Waals surface area contributed by atoms with Crippen LogP contribution in [0.2, 0.25) is 0 Å². The number of nitrogens with one attached hydrogen (secondary N) is 1. The van der Waals surface area contributed by atoms with Crippen LogP contribution in [-0.4, -0.2) is 33.3 Å². The molecule has 0 saturated heterocycles. The van der Waals surface area contributed by atoms with Gasteiger partial charge in [0, 0.05) is 40.6 Å². The van der Waals surface area contributed by atoms with E-state index in [2.05, 4.69) is 4.98 Å². The highest BCUT2D eigenvalue weighted by atomic mass is 19.4. The molecule has 7 nitrogen and oxygen atoms in total. The first-order valence-electron chi connectivity index (χ1n) is 14.5. The van der Waals surface area contributed by atoms with Crippen LogP contribution in [0.25, 0.3) is 32.9 Å². The number of pyridine rings is 2. The molecule has 0 spiro atoms. The highest BCUT2D eigenvalue weighted by Crippen LogP contribution is 2.46. The lowest BCUT2D eigenvalue weighted by atomic mass is 9.83. The van der Waals surface area contributed by atoms with Crippen molar-refractivity contribution in [2.75, 3.05) is 6.61 Å². The summed E-state index contributed by atoms with van der Waals surface area (Å²) in [4.78, 5) is 33.4. The Labute approximate surface area is 256 Å². The third kappa shape index (κ3) is 5.66. The van der Waals surface area contributed by atoms with E-state index in [1.807, 2.05) is 18.2 Å². The van der Waals surface area contributed by atoms with Gasteiger partial charge in [-0.25, -0.2) is 4.79 Å². The van der Waals surface area contributed by atoms with Gasteiger partial charge in [-0.2, -0.15) is 13.2 Å². The monoisotopic (exact) mass is 616 g/mol. The topological polar surface area (TPSA) is 102 Å². The number of rotatable bonds is 6. The van der Waals surface area contributed by atoms with Gasteiger partial charge in [-0.3, -0.25) is 9.78 Å². The summed E-state index contributed by atoms with van der Waals surface area (Å²) in [6, 6.07) is 13.4. The minimum Gasteiger partial charge on any atom is -0.493 e. The van der Waals surface area contributed by atoms with E-state index in [4.69, 9.17) is 14.5 Å². The van der Waals surface area contributed by atoms with Crippen LogP contribution >= 0.6 is 0 Å². The number of fused-ring (bicyclic) bond motifs is 1. The molecule has 3 heterocycles. The van der Waals surface area contributed by atoms with Gasteiger partial charge in [0.05, 0.1) is 28.8 Å². The largest absolute Gasteiger partial charge is 0.493 e. The summed E-state index contributed by atoms with van der Waals surface area (Å²) < 4.78 is 52.0. The maximum Gasteiger partial charge on any atom is 0.416 e. The van der Waals surface area contributed by atoms with Crippen molar-refractivity contribution in [3.63, 3.8) is 0 Å². The van der Waals surface area contributed by atoms with Crippen LogP contribution in [0, 0.1) is 6.92 Å². The fourth-order valence-corrected chi connectivity index (χ4v) is 6.15. The van der Waals surface area contributed by atoms with Crippen LogP contribution < -0.4 is 10.3 Å². The zero-order valence-electron chi connectivity index (χ0n) is 25.1. The average Bonchev–Trinajstić information content (AvgIpc) is 2.97. The molecule has 45 heavy (non-hydrogen) atoms. The van der Waals surface area contributed by atoms with Gasteiger partial charge in [-0.15, -0.1) is 0 Å². The fraction of sp³-hybridized carbons (Fsp3) is 0.286. The van der Waals surface area contributed by atoms with Crippen molar-refractivity contribution in [3.05, 3.63) is 105 Å². The van der Waals surface area contributed by atoms with Crippen LogP contribution in [0.4, 0.5) is 13.2 Å². The average molecular weight is 617 g/mol. The number of alkyl halides is 3. The van der Waals surface area contributed by atoms with Crippen molar-refractivity contribution in [2.24, 2.45) is 0 Å². The Balaban J connectivity index is 1.70. The molecule has 0 unspecified atom stereocenters. The Morgan fingerprint density at radius 3 is 2.47 bits per heavy atom. The first-order chi connectivity index (χ1) is 21.2. The molecule has 0 amide bonds. The number of H-pyrrole nitrogens is 1. The summed E-state index contributed by atoms with van der Waals surface area (Å²) in [5.41, 5.74) is 3.33. The van der Waals surface area contributed by atoms with Gasteiger partial charge >= 0.3 is 12.1 Å². The van der Waals surface area contributed by atoms with Crippen LogP contribution in [0.15, 0.2) is 65.6 Å². The third-order valence-corrected chi connectivity index (χ3v) is 8.07. The molecule has 1 aliphatic rings. The smallest absolute Gasteiger partial charge is 0.416 e. The maximum atomic E-state index is 13.3. The normalized spacial score (nSPS) is 14.0. The van der Waals surface area contributed by atoms with Crippen molar-refractivity contribution in [1.29, 1.82) is 0 Å². The quantitative estimate of drug-likeness (QED) is 0.205. The van der Waals surface area contributed by atoms with Gasteiger partial charge < -0.3 is 19.6 Å². The Morgan fingerprint density at radius 1 is 1.07 bits per heavy atom. The van der Waals surface area contributed by atoms with Crippen LogP contribution in [0.5, 0.6) is 5.75 Å². The third-order valence-electron chi connectivity index (χ3n) is 8.07. The lowest BCUT2D eigenvalue weighted by Gasteiger charge is -2.30. The van der Waals surface area contributed by atoms with Gasteiger partial charge in [-0.05, 0) is 98.3 Å². The zero-order chi connectivity index (χ0) is 32.3. The summed E-state index contributed by atoms with van der Waals surface area (Å²) in [6.07, 6.45) is -3.38. The number of carboxylic acids is 1. The number of carbonyl (C=O) groups is 1. The summed E-state index contributed by atoms with van der Waals surface area (Å²) in [5.74, 6) is -0.531. The number of carboxylic acid groups (broad SMARTS) is 1. The predicted octanol–water partition coefficient (Wildman–Crippen LogP) is 7.54. The van der Waals surface area contributed by atoms with Crippen molar-refractivity contribution in [3.8, 4) is 16.9 Å². The number of benzene rings is 3. The molecule has 2 aromatic heterocycles. The zero-order valence-corrected chi connectivity index (χ0v) is 25.1. The molecule has 1 aliphatic heterocycles. The Bertz CT molecular complexity index is 2020. The SMILES string of the molecule is Cc1c([C@H](OC(C)(C)C)C(=O)O)c(-c2ccc3c4c(ccnc24)CCO3)c2ccc(=O)[nH]c2c1Cc1ccc(C(F)(F)F)cc1. The lowest BCUT2D eigenvalue weighted by molar-refractivity contribution is -0.160. The molecule has 2 N–H and O–H groups in total. The van der Waals surface area contributed by atoms with Crippen molar-refractivity contribution in [2.45, 2.75) is 58.4 Å². The number of nitrogens with zero attached hydrogens (tertiary/aromatic N) is 1. The molecule has 0 fully saturated rings. The van der Waals surface area contributed by atoms with Gasteiger partial charge in [0.15, 0.2) is 6.10 Å². The minimum atomic E-state index is -4.49. The molecule has 0 saturated carbocycles. The van der Waals surface area contributed by atoms with E-state index < -0.39 is 29.4 Å². The van der Waals surface area contributed by atoms with E-state index in [1.165, 1.54) is 18.2 Å². The van der Waals surface area contributed by atoms with Crippen molar-refractivity contribution in [1.82, 2.24) is 9.97 Å². The first kappa shape index (κ1) is 30.3. The number of halogens is 3. The molecule has 232 valence electrons. The lowest BCUT2D eigenvalue weighted by Crippen LogP contribution is -2.28. The Kier molecular flexibility index (Phi) is 7.43. The van der Waals surface area contributed by atoms with E-state index >= 15 is 0 Å². The summed E-state index contributed by atoms with van der Waals surface area (Å²) in [6.45, 7) is 7.58. The second kappa shape index (κ2) is 11.0. The summed E-state index contributed by atoms with van der Waals surface area (Å²) in [7, 11) is 0. The van der Waals surface area contributed by atoms with Crippen LogP contribution in [0.1, 0.15) is 60.3 Å². The molecular weight excluding hydrogens is 585 g/mol. The molecule has 6 rings (SSSR count). The molecule has 5 aromatic rings. The number of aliphatic carboxylic acids is 1. The van der Waals surface area contributed by atoms with Crippen LogP contribution in [0.3, 0.4) is 0 Å². The molecule has 1 atom stereocenters. The van der Waals surface area contributed by atoms with Crippen molar-refractivity contribution < 1.29 is 32.5 Å².